The number of hydrogen-bond donors (Lipinski definition) is 3. The van der Waals surface area contributed by atoms with Crippen LogP contribution in [0.2, 0.25) is 0 Å². The Balaban J connectivity index is 2.27. The highest BCUT2D eigenvalue weighted by Gasteiger charge is 2.15. The normalized spacial score (nSPS) is 10.5. The lowest BCUT2D eigenvalue weighted by atomic mass is 9.98. The van der Waals surface area contributed by atoms with E-state index in [0.717, 1.165) is 0 Å². The number of nitrogens with one attached hydrogen (secondary N) is 2. The molecule has 3 rings (SSSR count). The zero-order valence-electron chi connectivity index (χ0n) is 12.5. The number of fused-ring (bicyclic) bond motifs is 1. The Morgan fingerprint density at radius 2 is 2.00 bits per heavy atom. The Hall–Kier alpha value is -2.95. The van der Waals surface area contributed by atoms with Gasteiger partial charge in [-0.2, -0.15) is 5.26 Å². The maximum Gasteiger partial charge on any atom is 0.257 e. The second-order valence-corrected chi connectivity index (χ2v) is 5.42. The first kappa shape index (κ1) is 15.9. The summed E-state index contributed by atoms with van der Waals surface area (Å²) in [7, 11) is 0. The topological polar surface area (TPSA) is 102 Å². The van der Waals surface area contributed by atoms with Gasteiger partial charge in [-0.15, -0.1) is 0 Å². The number of nitriles is 1. The van der Waals surface area contributed by atoms with Crippen LogP contribution in [0.1, 0.15) is 5.56 Å². The summed E-state index contributed by atoms with van der Waals surface area (Å²) in [4.78, 5) is 17.8. The summed E-state index contributed by atoms with van der Waals surface area (Å²) in [5, 5.41) is 18.7. The highest BCUT2D eigenvalue weighted by Crippen LogP contribution is 2.30. The fraction of sp³-hybridized carbons (Fsp3) is 0.118. The van der Waals surface area contributed by atoms with Crippen molar-refractivity contribution >= 4 is 23.1 Å². The molecule has 0 aliphatic rings. The van der Waals surface area contributed by atoms with Crippen LogP contribution in [-0.4, -0.2) is 28.3 Å². The lowest BCUT2D eigenvalue weighted by molar-refractivity contribution is 0.201. The minimum atomic E-state index is -0.300. The molecule has 0 atom stereocenters. The van der Waals surface area contributed by atoms with Gasteiger partial charge >= 0.3 is 0 Å². The number of nitrogens with zero attached hydrogens (tertiary/aromatic N) is 1. The summed E-state index contributed by atoms with van der Waals surface area (Å²) < 4.78 is 5.61. The van der Waals surface area contributed by atoms with Gasteiger partial charge < -0.3 is 19.8 Å². The van der Waals surface area contributed by atoms with E-state index in [1.807, 2.05) is 0 Å². The van der Waals surface area contributed by atoms with E-state index in [2.05, 4.69) is 16.0 Å². The summed E-state index contributed by atoms with van der Waals surface area (Å²) in [6.45, 7) is 0.121. The molecule has 120 valence electrons. The summed E-state index contributed by atoms with van der Waals surface area (Å²) in [6, 6.07) is 10.7. The van der Waals surface area contributed by atoms with Gasteiger partial charge in [-0.05, 0) is 23.8 Å². The molecule has 6 nitrogen and oxygen atoms in total. The average molecular weight is 339 g/mol. The van der Waals surface area contributed by atoms with Crippen LogP contribution in [0, 0.1) is 16.0 Å². The quantitative estimate of drug-likeness (QED) is 0.634. The SMILES string of the molecule is N#Cc1c(-c2ccc(OCCO)cc2)c2c(=O)[nH]ccc2[nH]c1=S. The molecule has 2 aromatic heterocycles. The number of ether oxygens (including phenoxy) is 1. The fourth-order valence-electron chi connectivity index (χ4n) is 2.53. The molecule has 0 amide bonds. The van der Waals surface area contributed by atoms with Gasteiger partial charge in [0.1, 0.15) is 23.1 Å². The van der Waals surface area contributed by atoms with Crippen molar-refractivity contribution in [2.45, 2.75) is 0 Å². The van der Waals surface area contributed by atoms with E-state index in [0.29, 0.717) is 27.8 Å². The fourth-order valence-corrected chi connectivity index (χ4v) is 2.79. The maximum absolute atomic E-state index is 12.3. The number of pyridine rings is 2. The molecule has 0 aliphatic heterocycles. The first-order valence-corrected chi connectivity index (χ1v) is 7.58. The zero-order chi connectivity index (χ0) is 17.1. The first-order valence-electron chi connectivity index (χ1n) is 7.17. The van der Waals surface area contributed by atoms with E-state index in [4.69, 9.17) is 22.1 Å². The van der Waals surface area contributed by atoms with E-state index < -0.39 is 0 Å². The van der Waals surface area contributed by atoms with Crippen molar-refractivity contribution in [3.8, 4) is 22.9 Å². The molecule has 2 heterocycles. The molecular weight excluding hydrogens is 326 g/mol. The van der Waals surface area contributed by atoms with Gasteiger partial charge in [0.05, 0.1) is 23.1 Å². The third kappa shape index (κ3) is 2.80. The molecule has 0 spiro atoms. The van der Waals surface area contributed by atoms with Crippen molar-refractivity contribution in [1.29, 1.82) is 5.26 Å². The van der Waals surface area contributed by atoms with Crippen LogP contribution in [-0.2, 0) is 0 Å². The summed E-state index contributed by atoms with van der Waals surface area (Å²) >= 11 is 5.25. The number of aliphatic hydroxyl groups is 1. The van der Waals surface area contributed by atoms with Crippen LogP contribution in [0.4, 0.5) is 0 Å². The third-order valence-electron chi connectivity index (χ3n) is 3.55. The Labute approximate surface area is 142 Å². The number of aliphatic hydroxyl groups excluding tert-OH is 1. The molecular formula is C17H13N3O3S. The minimum Gasteiger partial charge on any atom is -0.491 e. The third-order valence-corrected chi connectivity index (χ3v) is 3.86. The van der Waals surface area contributed by atoms with Crippen molar-refractivity contribution in [2.24, 2.45) is 0 Å². The summed E-state index contributed by atoms with van der Waals surface area (Å²) in [6.07, 6.45) is 1.53. The predicted octanol–water partition coefficient (Wildman–Crippen LogP) is 2.50. The summed E-state index contributed by atoms with van der Waals surface area (Å²) in [5.41, 5.74) is 1.69. The monoisotopic (exact) mass is 339 g/mol. The number of H-pyrrole nitrogens is 2. The van der Waals surface area contributed by atoms with Gasteiger partial charge in [-0.1, -0.05) is 24.4 Å². The minimum absolute atomic E-state index is 0.0752. The molecule has 3 N–H and O–H groups in total. The Kier molecular flexibility index (Phi) is 4.42. The van der Waals surface area contributed by atoms with Crippen LogP contribution < -0.4 is 10.3 Å². The molecule has 3 aromatic rings. The van der Waals surface area contributed by atoms with Gasteiger partial charge in [0.25, 0.3) is 5.56 Å². The smallest absolute Gasteiger partial charge is 0.257 e. The zero-order valence-corrected chi connectivity index (χ0v) is 13.3. The van der Waals surface area contributed by atoms with Gasteiger partial charge in [0.15, 0.2) is 0 Å². The molecule has 0 fully saturated rings. The second-order valence-electron chi connectivity index (χ2n) is 5.01. The van der Waals surface area contributed by atoms with Gasteiger partial charge in [-0.3, -0.25) is 4.79 Å². The van der Waals surface area contributed by atoms with Crippen molar-refractivity contribution in [3.05, 3.63) is 57.1 Å². The standard InChI is InChI=1S/C17H13N3O3S/c18-9-12-14(10-1-3-11(4-2-10)23-8-7-21)15-13(20-17(12)24)5-6-19-16(15)22/h1-6,21H,7-8H2,(H,19,22)(H,20,24). The van der Waals surface area contributed by atoms with Gasteiger partial charge in [-0.25, -0.2) is 0 Å². The predicted molar refractivity (Wildman–Crippen MR) is 92.5 cm³/mol. The Morgan fingerprint density at radius 1 is 1.25 bits per heavy atom. The van der Waals surface area contributed by atoms with E-state index in [-0.39, 0.29) is 29.0 Å². The molecule has 0 bridgehead atoms. The number of aromatic nitrogens is 2. The lowest BCUT2D eigenvalue weighted by Gasteiger charge is -2.10. The molecule has 0 saturated heterocycles. The van der Waals surface area contributed by atoms with E-state index in [1.165, 1.54) is 6.20 Å². The number of hydrogen-bond acceptors (Lipinski definition) is 5. The molecule has 0 saturated carbocycles. The van der Waals surface area contributed by atoms with Crippen molar-refractivity contribution in [3.63, 3.8) is 0 Å². The largest absolute Gasteiger partial charge is 0.491 e. The van der Waals surface area contributed by atoms with Crippen molar-refractivity contribution < 1.29 is 9.84 Å². The second kappa shape index (κ2) is 6.66. The molecule has 0 radical (unpaired) electrons. The van der Waals surface area contributed by atoms with Crippen LogP contribution in [0.5, 0.6) is 5.75 Å². The molecule has 0 unspecified atom stereocenters. The van der Waals surface area contributed by atoms with E-state index >= 15 is 0 Å². The Morgan fingerprint density at radius 3 is 2.67 bits per heavy atom. The first-order chi connectivity index (χ1) is 11.7. The van der Waals surface area contributed by atoms with Crippen molar-refractivity contribution in [2.75, 3.05) is 13.2 Å². The molecule has 0 aliphatic carbocycles. The number of aromatic amines is 2. The van der Waals surface area contributed by atoms with Crippen LogP contribution >= 0.6 is 12.2 Å². The van der Waals surface area contributed by atoms with Crippen LogP contribution in [0.3, 0.4) is 0 Å². The van der Waals surface area contributed by atoms with E-state index in [1.54, 1.807) is 30.3 Å². The summed E-state index contributed by atoms with van der Waals surface area (Å²) in [5.74, 6) is 0.589. The molecule has 24 heavy (non-hydrogen) atoms. The van der Waals surface area contributed by atoms with Gasteiger partial charge in [0.2, 0.25) is 0 Å². The van der Waals surface area contributed by atoms with Crippen LogP contribution in [0.25, 0.3) is 22.0 Å². The number of rotatable bonds is 4. The maximum atomic E-state index is 12.3. The van der Waals surface area contributed by atoms with Crippen molar-refractivity contribution in [1.82, 2.24) is 9.97 Å². The lowest BCUT2D eigenvalue weighted by Crippen LogP contribution is -2.08. The highest BCUT2D eigenvalue weighted by molar-refractivity contribution is 7.71. The molecule has 7 heteroatoms. The van der Waals surface area contributed by atoms with Crippen LogP contribution in [0.15, 0.2) is 41.3 Å². The number of benzene rings is 1. The molecule has 1 aromatic carbocycles. The van der Waals surface area contributed by atoms with Gasteiger partial charge in [0, 0.05) is 11.8 Å². The Bertz CT molecular complexity index is 1050. The average Bonchev–Trinajstić information content (AvgIpc) is 2.59. The van der Waals surface area contributed by atoms with E-state index in [9.17, 15) is 10.1 Å². The highest BCUT2D eigenvalue weighted by atomic mass is 32.1.